The molecule has 0 amide bonds. The molecule has 1 heterocycles. The molecule has 0 saturated heterocycles. The van der Waals surface area contributed by atoms with E-state index in [0.29, 0.717) is 34.5 Å². The van der Waals surface area contributed by atoms with Gasteiger partial charge in [-0.1, -0.05) is 25.1 Å². The topological polar surface area (TPSA) is 106 Å². The summed E-state index contributed by atoms with van der Waals surface area (Å²) in [6.07, 6.45) is 1.09. The van der Waals surface area contributed by atoms with Crippen molar-refractivity contribution in [2.45, 2.75) is 44.5 Å². The zero-order chi connectivity index (χ0) is 19.8. The molecule has 0 aliphatic carbocycles. The molecule has 1 aromatic carbocycles. The standard InChI is InChI=1S/C18H25N3O5S/c1-4-5-8-21-17(24)19-20-18(21)27-11-14(23)10-26-15-7-6-13(12(2)22)9-16(15)25-3/h6-7,9,14,23H,4-5,8,10-11H2,1-3H3,(H,19,24). The number of Topliss-reactive ketones (excluding diaryl/α,β-unsaturated/α-hetero) is 1. The number of carbonyl (C=O) groups excluding carboxylic acids is 1. The normalized spacial score (nSPS) is 12.0. The van der Waals surface area contributed by atoms with E-state index in [2.05, 4.69) is 17.1 Å². The number of hydrogen-bond donors (Lipinski definition) is 2. The average Bonchev–Trinajstić information content (AvgIpc) is 3.02. The molecule has 1 aromatic heterocycles. The molecular weight excluding hydrogens is 370 g/mol. The molecule has 1 unspecified atom stereocenters. The van der Waals surface area contributed by atoms with Crippen LogP contribution in [0.1, 0.15) is 37.0 Å². The minimum absolute atomic E-state index is 0.0480. The molecule has 0 bridgehead atoms. The molecule has 8 nitrogen and oxygen atoms in total. The van der Waals surface area contributed by atoms with Gasteiger partial charge >= 0.3 is 5.69 Å². The second kappa shape index (κ2) is 10.2. The number of aromatic nitrogens is 3. The van der Waals surface area contributed by atoms with E-state index in [4.69, 9.17) is 9.47 Å². The van der Waals surface area contributed by atoms with Gasteiger partial charge in [0.2, 0.25) is 0 Å². The first-order chi connectivity index (χ1) is 13.0. The molecule has 0 radical (unpaired) electrons. The fourth-order valence-corrected chi connectivity index (χ4v) is 3.22. The van der Waals surface area contributed by atoms with Crippen molar-refractivity contribution in [3.63, 3.8) is 0 Å². The summed E-state index contributed by atoms with van der Waals surface area (Å²) in [6, 6.07) is 4.90. The highest BCUT2D eigenvalue weighted by Gasteiger charge is 2.14. The van der Waals surface area contributed by atoms with E-state index in [1.165, 1.54) is 25.8 Å². The fraction of sp³-hybridized carbons (Fsp3) is 0.500. The van der Waals surface area contributed by atoms with Crippen molar-refractivity contribution < 1.29 is 19.4 Å². The second-order valence-corrected chi connectivity index (χ2v) is 7.00. The molecular formula is C18H25N3O5S. The average molecular weight is 395 g/mol. The number of methoxy groups -OCH3 is 1. The molecule has 0 spiro atoms. The minimum Gasteiger partial charge on any atom is -0.493 e. The van der Waals surface area contributed by atoms with Crippen LogP contribution in [0.4, 0.5) is 0 Å². The van der Waals surface area contributed by atoms with Crippen LogP contribution in [0.15, 0.2) is 28.2 Å². The van der Waals surface area contributed by atoms with Crippen molar-refractivity contribution >= 4 is 17.5 Å². The van der Waals surface area contributed by atoms with Crippen LogP contribution in [0, 0.1) is 0 Å². The Kier molecular flexibility index (Phi) is 7.93. The van der Waals surface area contributed by atoms with Gasteiger partial charge in [-0.05, 0) is 31.5 Å². The summed E-state index contributed by atoms with van der Waals surface area (Å²) in [4.78, 5) is 23.2. The predicted octanol–water partition coefficient (Wildman–Crippen LogP) is 2.11. The number of thioether (sulfide) groups is 1. The molecule has 0 fully saturated rings. The first-order valence-corrected chi connectivity index (χ1v) is 9.72. The Morgan fingerprint density at radius 2 is 2.19 bits per heavy atom. The molecule has 0 saturated carbocycles. The highest BCUT2D eigenvalue weighted by Crippen LogP contribution is 2.28. The highest BCUT2D eigenvalue weighted by molar-refractivity contribution is 7.99. The second-order valence-electron chi connectivity index (χ2n) is 6.01. The number of ketones is 1. The van der Waals surface area contributed by atoms with E-state index in [9.17, 15) is 14.7 Å². The number of ether oxygens (including phenoxy) is 2. The van der Waals surface area contributed by atoms with Crippen LogP contribution in [0.2, 0.25) is 0 Å². The van der Waals surface area contributed by atoms with E-state index in [1.807, 2.05) is 0 Å². The first-order valence-electron chi connectivity index (χ1n) is 8.74. The number of H-pyrrole nitrogens is 1. The van der Waals surface area contributed by atoms with Gasteiger partial charge in [-0.15, -0.1) is 5.10 Å². The van der Waals surface area contributed by atoms with E-state index in [0.717, 1.165) is 12.8 Å². The number of carbonyl (C=O) groups is 1. The van der Waals surface area contributed by atoms with Crippen LogP contribution in [0.5, 0.6) is 11.5 Å². The summed E-state index contributed by atoms with van der Waals surface area (Å²) < 4.78 is 12.4. The molecule has 9 heteroatoms. The minimum atomic E-state index is -0.765. The molecule has 1 atom stereocenters. The van der Waals surface area contributed by atoms with Crippen LogP contribution in [0.3, 0.4) is 0 Å². The van der Waals surface area contributed by atoms with E-state index < -0.39 is 6.10 Å². The molecule has 2 N–H and O–H groups in total. The maximum atomic E-state index is 11.8. The lowest BCUT2D eigenvalue weighted by atomic mass is 10.1. The monoisotopic (exact) mass is 395 g/mol. The van der Waals surface area contributed by atoms with Crippen LogP contribution in [-0.2, 0) is 6.54 Å². The lowest BCUT2D eigenvalue weighted by molar-refractivity contribution is 0.101. The third-order valence-corrected chi connectivity index (χ3v) is 4.99. The molecule has 2 aromatic rings. The van der Waals surface area contributed by atoms with Crippen LogP contribution < -0.4 is 15.2 Å². The van der Waals surface area contributed by atoms with Gasteiger partial charge in [0.1, 0.15) is 6.61 Å². The number of hydrogen-bond acceptors (Lipinski definition) is 7. The van der Waals surface area contributed by atoms with Crippen LogP contribution in [-0.4, -0.2) is 51.2 Å². The number of aromatic amines is 1. The van der Waals surface area contributed by atoms with E-state index in [-0.39, 0.29) is 18.1 Å². The van der Waals surface area contributed by atoms with Gasteiger partial charge in [0.25, 0.3) is 0 Å². The third-order valence-electron chi connectivity index (χ3n) is 3.86. The zero-order valence-corrected chi connectivity index (χ0v) is 16.5. The van der Waals surface area contributed by atoms with Gasteiger partial charge in [-0.3, -0.25) is 9.36 Å². The third kappa shape index (κ3) is 5.86. The zero-order valence-electron chi connectivity index (χ0n) is 15.7. The maximum absolute atomic E-state index is 11.8. The van der Waals surface area contributed by atoms with Crippen LogP contribution in [0.25, 0.3) is 0 Å². The summed E-state index contributed by atoms with van der Waals surface area (Å²) in [5.41, 5.74) is 0.283. The number of nitrogens with zero attached hydrogens (tertiary/aromatic N) is 2. The lowest BCUT2D eigenvalue weighted by Gasteiger charge is -2.14. The molecule has 27 heavy (non-hydrogen) atoms. The molecule has 148 valence electrons. The number of aliphatic hydroxyl groups is 1. The fourth-order valence-electron chi connectivity index (χ4n) is 2.34. The summed E-state index contributed by atoms with van der Waals surface area (Å²) in [5.74, 6) is 1.14. The lowest BCUT2D eigenvalue weighted by Crippen LogP contribution is -2.21. The molecule has 0 aliphatic heterocycles. The Labute approximate surface area is 161 Å². The number of rotatable bonds is 11. The van der Waals surface area contributed by atoms with Crippen molar-refractivity contribution in [1.29, 1.82) is 0 Å². The number of unbranched alkanes of at least 4 members (excludes halogenated alkanes) is 1. The Morgan fingerprint density at radius 1 is 1.41 bits per heavy atom. The van der Waals surface area contributed by atoms with Crippen molar-refractivity contribution in [3.8, 4) is 11.5 Å². The van der Waals surface area contributed by atoms with Crippen molar-refractivity contribution in [1.82, 2.24) is 14.8 Å². The summed E-state index contributed by atoms with van der Waals surface area (Å²) in [6.45, 7) is 4.18. The summed E-state index contributed by atoms with van der Waals surface area (Å²) in [7, 11) is 1.49. The number of benzene rings is 1. The van der Waals surface area contributed by atoms with Gasteiger partial charge in [0, 0.05) is 17.9 Å². The Hall–Kier alpha value is -2.26. The van der Waals surface area contributed by atoms with Crippen molar-refractivity contribution in [2.75, 3.05) is 19.5 Å². The van der Waals surface area contributed by atoms with E-state index in [1.54, 1.807) is 22.8 Å². The van der Waals surface area contributed by atoms with Crippen LogP contribution >= 0.6 is 11.8 Å². The highest BCUT2D eigenvalue weighted by atomic mass is 32.2. The Morgan fingerprint density at radius 3 is 2.85 bits per heavy atom. The summed E-state index contributed by atoms with van der Waals surface area (Å²) in [5, 5.41) is 17.2. The molecule has 2 rings (SSSR count). The molecule has 0 aliphatic rings. The quantitative estimate of drug-likeness (QED) is 0.443. The number of aliphatic hydroxyl groups excluding tert-OH is 1. The Balaban J connectivity index is 1.91. The van der Waals surface area contributed by atoms with Gasteiger partial charge in [-0.25, -0.2) is 9.89 Å². The predicted molar refractivity (Wildman–Crippen MR) is 103 cm³/mol. The largest absolute Gasteiger partial charge is 0.493 e. The first kappa shape index (κ1) is 21.0. The van der Waals surface area contributed by atoms with Crippen molar-refractivity contribution in [3.05, 3.63) is 34.2 Å². The van der Waals surface area contributed by atoms with Crippen molar-refractivity contribution in [2.24, 2.45) is 0 Å². The van der Waals surface area contributed by atoms with Gasteiger partial charge in [-0.2, -0.15) is 0 Å². The summed E-state index contributed by atoms with van der Waals surface area (Å²) >= 11 is 1.29. The maximum Gasteiger partial charge on any atom is 0.343 e. The SMILES string of the molecule is CCCCn1c(SCC(O)COc2ccc(C(C)=O)cc2OC)n[nH]c1=O. The number of nitrogens with one attached hydrogen (secondary N) is 1. The van der Waals surface area contributed by atoms with Gasteiger partial charge in [0.15, 0.2) is 22.4 Å². The van der Waals surface area contributed by atoms with E-state index >= 15 is 0 Å². The van der Waals surface area contributed by atoms with Gasteiger partial charge in [0.05, 0.1) is 13.2 Å². The van der Waals surface area contributed by atoms with Gasteiger partial charge < -0.3 is 14.6 Å². The smallest absolute Gasteiger partial charge is 0.343 e. The Bertz CT molecular complexity index is 818.